The molecule has 0 saturated heterocycles. The average molecular weight is 517 g/mol. The lowest BCUT2D eigenvalue weighted by Crippen LogP contribution is -2.36. The number of aromatic nitrogens is 3. The molecule has 0 radical (unpaired) electrons. The predicted octanol–water partition coefficient (Wildman–Crippen LogP) is 5.19. The van der Waals surface area contributed by atoms with Gasteiger partial charge in [0, 0.05) is 46.4 Å². The molecular weight excluding hydrogens is 484 g/mol. The van der Waals surface area contributed by atoms with Crippen LogP contribution in [0.4, 0.5) is 29.1 Å². The van der Waals surface area contributed by atoms with Gasteiger partial charge in [0.2, 0.25) is 5.95 Å². The smallest absolute Gasteiger partial charge is 0.229 e. The summed E-state index contributed by atoms with van der Waals surface area (Å²) in [5, 5.41) is 16.1. The van der Waals surface area contributed by atoms with Gasteiger partial charge in [-0.1, -0.05) is 19.9 Å². The van der Waals surface area contributed by atoms with Crippen LogP contribution in [-0.2, 0) is 21.7 Å². The second-order valence-corrected chi connectivity index (χ2v) is 13.2. The number of nitrogens with one attached hydrogen (secondary N) is 2. The van der Waals surface area contributed by atoms with Crippen LogP contribution in [0.5, 0.6) is 0 Å². The number of pyridine rings is 1. The van der Waals surface area contributed by atoms with E-state index in [9.17, 15) is 9.47 Å². The molecule has 2 aliphatic rings. The number of anilines is 4. The standard InChI is InChI=1S/C27H32N8OS/c1-17(2)21-12-20(11-18-15-35(3)16-27(9-10-27)24(18)21)30-26-29-14-19(13-28)25(33-26)32-22-7-6-8-23(31-22)34-37(4,5)36/h6-8,11-12,14,17H,9-10,15-16H2,1-5H3,(H2,29,30,31,32,33). The van der Waals surface area contributed by atoms with Crippen LogP contribution in [0.1, 0.15) is 54.9 Å². The van der Waals surface area contributed by atoms with Crippen molar-refractivity contribution in [1.82, 2.24) is 19.9 Å². The molecule has 37 heavy (non-hydrogen) atoms. The highest BCUT2D eigenvalue weighted by atomic mass is 32.2. The molecule has 0 bridgehead atoms. The maximum Gasteiger partial charge on any atom is 0.229 e. The first-order valence-electron chi connectivity index (χ1n) is 12.4. The topological polar surface area (TPSA) is 119 Å². The maximum absolute atomic E-state index is 12.1. The lowest BCUT2D eigenvalue weighted by Gasteiger charge is -2.35. The van der Waals surface area contributed by atoms with Gasteiger partial charge in [0.25, 0.3) is 0 Å². The van der Waals surface area contributed by atoms with E-state index in [-0.39, 0.29) is 5.56 Å². The van der Waals surface area contributed by atoms with E-state index in [0.29, 0.717) is 34.7 Å². The molecule has 9 nitrogen and oxygen atoms in total. The first kappa shape index (κ1) is 25.1. The van der Waals surface area contributed by atoms with Crippen molar-refractivity contribution in [2.45, 2.75) is 44.6 Å². The second kappa shape index (κ2) is 9.39. The van der Waals surface area contributed by atoms with E-state index < -0.39 is 9.73 Å². The van der Waals surface area contributed by atoms with Crippen LogP contribution in [0.2, 0.25) is 0 Å². The summed E-state index contributed by atoms with van der Waals surface area (Å²) < 4.78 is 16.2. The minimum Gasteiger partial charge on any atom is -0.324 e. The first-order chi connectivity index (χ1) is 17.5. The zero-order valence-corrected chi connectivity index (χ0v) is 22.7. The van der Waals surface area contributed by atoms with Crippen molar-refractivity contribution in [3.63, 3.8) is 0 Å². The summed E-state index contributed by atoms with van der Waals surface area (Å²) in [5.74, 6) is 1.91. The van der Waals surface area contributed by atoms with Crippen molar-refractivity contribution in [3.05, 3.63) is 58.8 Å². The minimum atomic E-state index is -2.35. The SMILES string of the molecule is CC(C)c1cc(Nc2ncc(C#N)c(Nc3cccc(N=S(C)(C)=O)n3)n2)cc2c1C1(CC1)CN(C)C2. The van der Waals surface area contributed by atoms with Crippen LogP contribution in [-0.4, -0.2) is 50.2 Å². The van der Waals surface area contributed by atoms with Gasteiger partial charge in [-0.25, -0.2) is 14.2 Å². The summed E-state index contributed by atoms with van der Waals surface area (Å²) >= 11 is 0. The number of nitriles is 1. The number of rotatable bonds is 6. The van der Waals surface area contributed by atoms with E-state index in [2.05, 4.69) is 73.9 Å². The lowest BCUT2D eigenvalue weighted by molar-refractivity contribution is 0.270. The molecule has 2 aromatic heterocycles. The molecule has 3 aromatic rings. The predicted molar refractivity (Wildman–Crippen MR) is 147 cm³/mol. The van der Waals surface area contributed by atoms with E-state index in [1.54, 1.807) is 30.7 Å². The normalized spacial score (nSPS) is 16.2. The van der Waals surface area contributed by atoms with Gasteiger partial charge in [-0.15, -0.1) is 0 Å². The van der Waals surface area contributed by atoms with Gasteiger partial charge in [-0.2, -0.15) is 14.6 Å². The van der Waals surface area contributed by atoms with E-state index in [1.807, 2.05) is 0 Å². The summed E-state index contributed by atoms with van der Waals surface area (Å²) in [5.41, 5.74) is 5.80. The van der Waals surface area contributed by atoms with E-state index in [4.69, 9.17) is 0 Å². The molecule has 1 saturated carbocycles. The van der Waals surface area contributed by atoms with Crippen molar-refractivity contribution in [1.29, 1.82) is 5.26 Å². The number of likely N-dealkylation sites (N-methyl/N-ethyl adjacent to an activating group) is 1. The van der Waals surface area contributed by atoms with Crippen LogP contribution in [0, 0.1) is 11.3 Å². The fraction of sp³-hybridized carbons (Fsp3) is 0.407. The number of hydrogen-bond donors (Lipinski definition) is 2. The quantitative estimate of drug-likeness (QED) is 0.459. The monoisotopic (exact) mass is 516 g/mol. The summed E-state index contributed by atoms with van der Waals surface area (Å²) in [6.45, 7) is 6.53. The largest absolute Gasteiger partial charge is 0.324 e. The van der Waals surface area contributed by atoms with E-state index >= 15 is 0 Å². The Hall–Kier alpha value is -3.55. The molecule has 1 aromatic carbocycles. The summed E-state index contributed by atoms with van der Waals surface area (Å²) in [7, 11) is -0.161. The van der Waals surface area contributed by atoms with Crippen LogP contribution in [0.15, 0.2) is 40.9 Å². The van der Waals surface area contributed by atoms with Crippen LogP contribution in [0.25, 0.3) is 0 Å². The fourth-order valence-corrected chi connectivity index (χ4v) is 5.72. The molecule has 5 rings (SSSR count). The highest BCUT2D eigenvalue weighted by molar-refractivity contribution is 7.92. The number of benzene rings is 1. The van der Waals surface area contributed by atoms with Crippen LogP contribution < -0.4 is 10.6 Å². The van der Waals surface area contributed by atoms with Gasteiger partial charge in [-0.05, 0) is 66.8 Å². The Bertz CT molecular complexity index is 1520. The van der Waals surface area contributed by atoms with E-state index in [0.717, 1.165) is 18.8 Å². The molecule has 0 atom stereocenters. The van der Waals surface area contributed by atoms with Crippen LogP contribution >= 0.6 is 0 Å². The first-order valence-corrected chi connectivity index (χ1v) is 14.7. The van der Waals surface area contributed by atoms with Gasteiger partial charge in [0.05, 0.1) is 6.20 Å². The summed E-state index contributed by atoms with van der Waals surface area (Å²) in [6, 6.07) is 11.7. The van der Waals surface area contributed by atoms with Gasteiger partial charge in [0.1, 0.15) is 17.5 Å². The molecular formula is C27H32N8OS. The molecule has 10 heteroatoms. The van der Waals surface area contributed by atoms with Crippen molar-refractivity contribution in [2.24, 2.45) is 4.36 Å². The molecule has 1 fully saturated rings. The molecule has 1 spiro atoms. The highest BCUT2D eigenvalue weighted by Gasteiger charge is 2.49. The maximum atomic E-state index is 12.1. The van der Waals surface area contributed by atoms with Crippen LogP contribution in [0.3, 0.4) is 0 Å². The highest BCUT2D eigenvalue weighted by Crippen LogP contribution is 2.54. The zero-order valence-electron chi connectivity index (χ0n) is 21.9. The Morgan fingerprint density at radius 2 is 1.97 bits per heavy atom. The third kappa shape index (κ3) is 5.43. The zero-order chi connectivity index (χ0) is 26.4. The second-order valence-electron chi connectivity index (χ2n) is 10.7. The molecule has 2 N–H and O–H groups in total. The molecule has 1 aliphatic heterocycles. The van der Waals surface area contributed by atoms with Gasteiger partial charge in [-0.3, -0.25) is 0 Å². The van der Waals surface area contributed by atoms with Crippen molar-refractivity contribution in [2.75, 3.05) is 36.7 Å². The molecule has 1 aliphatic carbocycles. The Kier molecular flexibility index (Phi) is 6.38. The van der Waals surface area contributed by atoms with Crippen molar-refractivity contribution in [3.8, 4) is 6.07 Å². The molecule has 0 amide bonds. The average Bonchev–Trinajstić information content (AvgIpc) is 3.56. The molecule has 3 heterocycles. The van der Waals surface area contributed by atoms with Gasteiger partial charge < -0.3 is 15.5 Å². The van der Waals surface area contributed by atoms with E-state index in [1.165, 1.54) is 35.7 Å². The third-order valence-corrected chi connectivity index (χ3v) is 7.36. The van der Waals surface area contributed by atoms with Crippen molar-refractivity contribution >= 4 is 38.8 Å². The minimum absolute atomic E-state index is 0.287. The number of fused-ring (bicyclic) bond motifs is 2. The van der Waals surface area contributed by atoms with Gasteiger partial charge >= 0.3 is 0 Å². The Morgan fingerprint density at radius 1 is 1.19 bits per heavy atom. The number of hydrogen-bond acceptors (Lipinski definition) is 9. The van der Waals surface area contributed by atoms with Gasteiger partial charge in [0.15, 0.2) is 11.6 Å². The Balaban J connectivity index is 1.47. The summed E-state index contributed by atoms with van der Waals surface area (Å²) in [4.78, 5) is 15.8. The fourth-order valence-electron chi connectivity index (χ4n) is 5.17. The summed E-state index contributed by atoms with van der Waals surface area (Å²) in [6.07, 6.45) is 7.10. The van der Waals surface area contributed by atoms with Crippen molar-refractivity contribution < 1.29 is 4.21 Å². The Labute approximate surface area is 218 Å². The lowest BCUT2D eigenvalue weighted by atomic mass is 9.80. The molecule has 0 unspecified atom stereocenters. The third-order valence-electron chi connectivity index (χ3n) is 6.73. The Morgan fingerprint density at radius 3 is 2.65 bits per heavy atom. The molecule has 192 valence electrons. The number of nitrogens with zero attached hydrogens (tertiary/aromatic N) is 6.